The fourth-order valence-corrected chi connectivity index (χ4v) is 1.81. The molecule has 0 radical (unpaired) electrons. The molecule has 4 N–H and O–H groups in total. The van der Waals surface area contributed by atoms with Crippen molar-refractivity contribution in [3.8, 4) is 0 Å². The van der Waals surface area contributed by atoms with E-state index in [1.807, 2.05) is 18.2 Å². The van der Waals surface area contributed by atoms with Crippen LogP contribution in [0.1, 0.15) is 44.1 Å². The summed E-state index contributed by atoms with van der Waals surface area (Å²) in [6, 6.07) is 10.3. The highest BCUT2D eigenvalue weighted by Crippen LogP contribution is 2.02. The smallest absolute Gasteiger partial charge is 0.313 e. The van der Waals surface area contributed by atoms with Gasteiger partial charge in [-0.1, -0.05) is 30.3 Å². The highest BCUT2D eigenvalue weighted by atomic mass is 16.6. The zero-order chi connectivity index (χ0) is 19.8. The zero-order valence-corrected chi connectivity index (χ0v) is 14.6. The summed E-state index contributed by atoms with van der Waals surface area (Å²) in [5, 5.41) is 16.6. The molecule has 8 heteroatoms. The number of hydrogen-bond acceptors (Lipinski definition) is 6. The van der Waals surface area contributed by atoms with E-state index in [0.717, 1.165) is 13.0 Å². The third kappa shape index (κ3) is 14.8. The van der Waals surface area contributed by atoms with Crippen LogP contribution >= 0.6 is 0 Å². The van der Waals surface area contributed by atoms with E-state index >= 15 is 0 Å². The van der Waals surface area contributed by atoms with E-state index in [1.165, 1.54) is 5.56 Å². The lowest BCUT2D eigenvalue weighted by Crippen LogP contribution is -2.12. The number of carboxylic acids is 2. The molecule has 1 aromatic carbocycles. The number of esters is 2. The number of ether oxygens (including phenoxy) is 1. The summed E-state index contributed by atoms with van der Waals surface area (Å²) < 4.78 is 4.35. The largest absolute Gasteiger partial charge is 0.481 e. The van der Waals surface area contributed by atoms with Crippen molar-refractivity contribution < 1.29 is 34.1 Å². The van der Waals surface area contributed by atoms with Crippen LogP contribution in [-0.2, 0) is 30.3 Å². The van der Waals surface area contributed by atoms with Gasteiger partial charge < -0.3 is 20.7 Å². The third-order valence-electron chi connectivity index (χ3n) is 3.05. The van der Waals surface area contributed by atoms with E-state index in [2.05, 4.69) is 16.9 Å². The number of rotatable bonds is 10. The van der Waals surface area contributed by atoms with E-state index in [4.69, 9.17) is 15.9 Å². The SMILES string of the molecule is NCCc1ccccc1.O=C(O)CCCC(=O)OC(=O)CCCC(=O)O. The first-order valence-corrected chi connectivity index (χ1v) is 8.26. The summed E-state index contributed by atoms with van der Waals surface area (Å²) in [5.41, 5.74) is 6.68. The zero-order valence-electron chi connectivity index (χ0n) is 14.6. The van der Waals surface area contributed by atoms with Crippen molar-refractivity contribution in [2.75, 3.05) is 6.54 Å². The van der Waals surface area contributed by atoms with Gasteiger partial charge in [-0.25, -0.2) is 0 Å². The third-order valence-corrected chi connectivity index (χ3v) is 3.05. The molecule has 8 nitrogen and oxygen atoms in total. The molecule has 0 aliphatic heterocycles. The Morgan fingerprint density at radius 2 is 1.27 bits per heavy atom. The van der Waals surface area contributed by atoms with Crippen LogP contribution in [0.5, 0.6) is 0 Å². The molecular formula is C18H25NO7. The van der Waals surface area contributed by atoms with E-state index in [0.29, 0.717) is 0 Å². The Hall–Kier alpha value is -2.74. The number of aliphatic carboxylic acids is 2. The van der Waals surface area contributed by atoms with Gasteiger partial charge >= 0.3 is 23.9 Å². The lowest BCUT2D eigenvalue weighted by molar-refractivity contribution is -0.159. The summed E-state index contributed by atoms with van der Waals surface area (Å²) in [4.78, 5) is 42.2. The van der Waals surface area contributed by atoms with Crippen LogP contribution in [0.4, 0.5) is 0 Å². The predicted octanol–water partition coefficient (Wildman–Crippen LogP) is 1.75. The van der Waals surface area contributed by atoms with E-state index < -0.39 is 23.9 Å². The van der Waals surface area contributed by atoms with Crippen LogP contribution in [0.3, 0.4) is 0 Å². The Balaban J connectivity index is 0.000000577. The van der Waals surface area contributed by atoms with Gasteiger partial charge in [0.05, 0.1) is 0 Å². The van der Waals surface area contributed by atoms with Gasteiger partial charge in [0.25, 0.3) is 0 Å². The Bertz CT molecular complexity index is 542. The van der Waals surface area contributed by atoms with Gasteiger partial charge in [0, 0.05) is 25.7 Å². The highest BCUT2D eigenvalue weighted by Gasteiger charge is 2.11. The van der Waals surface area contributed by atoms with Crippen molar-refractivity contribution in [2.45, 2.75) is 44.9 Å². The molecular weight excluding hydrogens is 342 g/mol. The van der Waals surface area contributed by atoms with Crippen LogP contribution in [0.2, 0.25) is 0 Å². The molecule has 0 saturated carbocycles. The minimum atomic E-state index is -1.02. The van der Waals surface area contributed by atoms with Crippen molar-refractivity contribution in [3.63, 3.8) is 0 Å². The fourth-order valence-electron chi connectivity index (χ4n) is 1.81. The molecule has 0 atom stereocenters. The number of benzene rings is 1. The van der Waals surface area contributed by atoms with Crippen LogP contribution in [-0.4, -0.2) is 40.6 Å². The summed E-state index contributed by atoms with van der Waals surface area (Å²) >= 11 is 0. The molecule has 0 aliphatic carbocycles. The van der Waals surface area contributed by atoms with Crippen LogP contribution < -0.4 is 5.73 Å². The molecule has 0 aromatic heterocycles. The minimum absolute atomic E-state index is 0.108. The van der Waals surface area contributed by atoms with Gasteiger partial charge in [0.2, 0.25) is 0 Å². The van der Waals surface area contributed by atoms with E-state index in [1.54, 1.807) is 0 Å². The summed E-state index contributed by atoms with van der Waals surface area (Å²) in [5.74, 6) is -3.62. The average molecular weight is 367 g/mol. The van der Waals surface area contributed by atoms with Crippen molar-refractivity contribution in [3.05, 3.63) is 35.9 Å². The Morgan fingerprint density at radius 3 is 1.65 bits per heavy atom. The quantitative estimate of drug-likeness (QED) is 0.419. The van der Waals surface area contributed by atoms with Crippen LogP contribution in [0, 0.1) is 0 Å². The standard InChI is InChI=1S/C10H14O7.C8H11N/c11-7(12)3-1-5-9(15)17-10(16)6-2-4-8(13)14;9-7-6-8-4-2-1-3-5-8/h1-6H2,(H,11,12)(H,13,14);1-5H,6-7,9H2. The molecule has 0 bridgehead atoms. The van der Waals surface area contributed by atoms with Gasteiger partial charge in [-0.3, -0.25) is 19.2 Å². The van der Waals surface area contributed by atoms with Gasteiger partial charge in [-0.15, -0.1) is 0 Å². The van der Waals surface area contributed by atoms with Gasteiger partial charge in [-0.05, 0) is 31.4 Å². The van der Waals surface area contributed by atoms with Crippen LogP contribution in [0.25, 0.3) is 0 Å². The first-order chi connectivity index (χ1) is 12.3. The van der Waals surface area contributed by atoms with E-state index in [9.17, 15) is 19.2 Å². The molecule has 0 unspecified atom stereocenters. The van der Waals surface area contributed by atoms with Crippen molar-refractivity contribution in [1.29, 1.82) is 0 Å². The number of carboxylic acid groups (broad SMARTS) is 2. The Labute approximate surface area is 152 Å². The first kappa shape index (κ1) is 23.3. The molecule has 1 rings (SSSR count). The fraction of sp³-hybridized carbons (Fsp3) is 0.444. The molecule has 0 amide bonds. The monoisotopic (exact) mass is 367 g/mol. The molecule has 26 heavy (non-hydrogen) atoms. The molecule has 0 saturated heterocycles. The maximum absolute atomic E-state index is 11.0. The number of carbonyl (C=O) groups is 4. The molecule has 0 aliphatic rings. The van der Waals surface area contributed by atoms with Crippen LogP contribution in [0.15, 0.2) is 30.3 Å². The number of nitrogens with two attached hydrogens (primary N) is 1. The summed E-state index contributed by atoms with van der Waals surface area (Å²) in [6.07, 6.45) is 0.590. The highest BCUT2D eigenvalue weighted by molar-refractivity contribution is 5.85. The molecule has 0 fully saturated rings. The molecule has 0 heterocycles. The molecule has 144 valence electrons. The topological polar surface area (TPSA) is 144 Å². The van der Waals surface area contributed by atoms with Gasteiger partial charge in [0.15, 0.2) is 0 Å². The Kier molecular flexibility index (Phi) is 13.1. The van der Waals surface area contributed by atoms with Crippen molar-refractivity contribution in [1.82, 2.24) is 0 Å². The number of hydrogen-bond donors (Lipinski definition) is 3. The Morgan fingerprint density at radius 1 is 0.808 bits per heavy atom. The van der Waals surface area contributed by atoms with Gasteiger partial charge in [0.1, 0.15) is 0 Å². The second-order valence-electron chi connectivity index (χ2n) is 5.36. The van der Waals surface area contributed by atoms with E-state index in [-0.39, 0.29) is 38.5 Å². The first-order valence-electron chi connectivity index (χ1n) is 8.26. The summed E-state index contributed by atoms with van der Waals surface area (Å²) in [6.45, 7) is 0.740. The normalized spacial score (nSPS) is 9.58. The number of carbonyl (C=O) groups excluding carboxylic acids is 2. The minimum Gasteiger partial charge on any atom is -0.481 e. The second kappa shape index (κ2) is 14.6. The maximum atomic E-state index is 11.0. The summed E-state index contributed by atoms with van der Waals surface area (Å²) in [7, 11) is 0. The lowest BCUT2D eigenvalue weighted by Gasteiger charge is -2.01. The average Bonchev–Trinajstić information content (AvgIpc) is 2.56. The predicted molar refractivity (Wildman–Crippen MR) is 93.3 cm³/mol. The van der Waals surface area contributed by atoms with Crippen molar-refractivity contribution >= 4 is 23.9 Å². The molecule has 1 aromatic rings. The van der Waals surface area contributed by atoms with Crippen molar-refractivity contribution in [2.24, 2.45) is 5.73 Å². The second-order valence-corrected chi connectivity index (χ2v) is 5.36. The maximum Gasteiger partial charge on any atom is 0.313 e. The molecule has 0 spiro atoms. The lowest BCUT2D eigenvalue weighted by atomic mass is 10.2. The van der Waals surface area contributed by atoms with Gasteiger partial charge in [-0.2, -0.15) is 0 Å².